The summed E-state index contributed by atoms with van der Waals surface area (Å²) in [6, 6.07) is 6.36. The number of carbonyl (C=O) groups is 3. The van der Waals surface area contributed by atoms with Crippen molar-refractivity contribution in [3.63, 3.8) is 0 Å². The number of fused-ring (bicyclic) bond motifs is 1. The summed E-state index contributed by atoms with van der Waals surface area (Å²) in [5.74, 6) is -0.151. The van der Waals surface area contributed by atoms with Crippen molar-refractivity contribution < 1.29 is 23.5 Å². The molecule has 2 aromatic rings. The van der Waals surface area contributed by atoms with Crippen molar-refractivity contribution in [2.24, 2.45) is 0 Å². The van der Waals surface area contributed by atoms with E-state index in [4.69, 9.17) is 4.74 Å². The van der Waals surface area contributed by atoms with Gasteiger partial charge in [-0.2, -0.15) is 0 Å². The fourth-order valence-electron chi connectivity index (χ4n) is 3.12. The molecule has 1 N–H and O–H groups in total. The lowest BCUT2D eigenvalue weighted by Gasteiger charge is -2.14. The maximum absolute atomic E-state index is 14.1. The zero-order chi connectivity index (χ0) is 21.1. The predicted molar refractivity (Wildman–Crippen MR) is 109 cm³/mol. The average molecular weight is 418 g/mol. The zero-order valence-electron chi connectivity index (χ0n) is 16.6. The third-order valence-corrected chi connectivity index (χ3v) is 5.89. The molecule has 0 fully saturated rings. The summed E-state index contributed by atoms with van der Waals surface area (Å²) in [6.45, 7) is 1.76. The van der Waals surface area contributed by atoms with Crippen molar-refractivity contribution in [3.05, 3.63) is 40.5 Å². The van der Waals surface area contributed by atoms with E-state index in [1.54, 1.807) is 26.2 Å². The number of amides is 2. The van der Waals surface area contributed by atoms with Crippen molar-refractivity contribution in [3.8, 4) is 16.2 Å². The Balaban J connectivity index is 1.65. The molecule has 2 heterocycles. The molecule has 154 valence electrons. The van der Waals surface area contributed by atoms with Crippen LogP contribution in [0.1, 0.15) is 35.0 Å². The molecule has 2 amide bonds. The van der Waals surface area contributed by atoms with Crippen LogP contribution in [0.3, 0.4) is 0 Å². The van der Waals surface area contributed by atoms with Crippen LogP contribution in [0.25, 0.3) is 10.4 Å². The van der Waals surface area contributed by atoms with Crippen LogP contribution in [0, 0.1) is 5.82 Å². The topological polar surface area (TPSA) is 75.7 Å². The van der Waals surface area contributed by atoms with Gasteiger partial charge in [0, 0.05) is 49.4 Å². The maximum atomic E-state index is 14.1. The van der Waals surface area contributed by atoms with Gasteiger partial charge in [0.15, 0.2) is 5.78 Å². The van der Waals surface area contributed by atoms with Crippen molar-refractivity contribution in [1.29, 1.82) is 0 Å². The second-order valence-electron chi connectivity index (χ2n) is 7.20. The van der Waals surface area contributed by atoms with E-state index >= 15 is 0 Å². The van der Waals surface area contributed by atoms with Crippen LogP contribution < -0.4 is 10.1 Å². The Labute approximate surface area is 172 Å². The molecule has 29 heavy (non-hydrogen) atoms. The van der Waals surface area contributed by atoms with E-state index in [0.29, 0.717) is 22.6 Å². The largest absolute Gasteiger partial charge is 0.487 e. The van der Waals surface area contributed by atoms with E-state index in [1.807, 2.05) is 0 Å². The fourth-order valence-corrected chi connectivity index (χ4v) is 4.04. The minimum Gasteiger partial charge on any atom is -0.487 e. The number of Topliss-reactive ketones (excluding diaryl/α,β-unsaturated/α-hetero) is 1. The number of ketones is 1. The highest BCUT2D eigenvalue weighted by Gasteiger charge is 2.28. The van der Waals surface area contributed by atoms with Crippen LogP contribution in [0.2, 0.25) is 0 Å². The summed E-state index contributed by atoms with van der Waals surface area (Å²) in [6.07, 6.45) is 0.421. The fraction of sp³-hybridized carbons (Fsp3) is 0.381. The lowest BCUT2D eigenvalue weighted by molar-refractivity contribution is -0.131. The van der Waals surface area contributed by atoms with Gasteiger partial charge in [0.05, 0.1) is 11.4 Å². The molecule has 1 atom stereocenters. The highest BCUT2D eigenvalue weighted by Crippen LogP contribution is 2.42. The summed E-state index contributed by atoms with van der Waals surface area (Å²) in [5, 5.41) is 2.78. The Morgan fingerprint density at radius 3 is 2.66 bits per heavy atom. The van der Waals surface area contributed by atoms with Crippen molar-refractivity contribution in [1.82, 2.24) is 10.2 Å². The number of thiophene rings is 1. The first-order valence-corrected chi connectivity index (χ1v) is 10.1. The molecule has 0 bridgehead atoms. The lowest BCUT2D eigenvalue weighted by Crippen LogP contribution is -2.35. The Hall–Kier alpha value is -2.74. The van der Waals surface area contributed by atoms with Crippen molar-refractivity contribution >= 4 is 28.9 Å². The van der Waals surface area contributed by atoms with Gasteiger partial charge in [-0.1, -0.05) is 0 Å². The van der Waals surface area contributed by atoms with Crippen LogP contribution in [-0.4, -0.2) is 49.2 Å². The number of rotatable bonds is 7. The monoisotopic (exact) mass is 418 g/mol. The average Bonchev–Trinajstić information content (AvgIpc) is 3.30. The van der Waals surface area contributed by atoms with Crippen molar-refractivity contribution in [2.45, 2.75) is 32.3 Å². The first kappa shape index (κ1) is 21.0. The molecule has 1 aromatic carbocycles. The first-order chi connectivity index (χ1) is 13.7. The molecule has 3 rings (SSSR count). The summed E-state index contributed by atoms with van der Waals surface area (Å²) in [5.41, 5.74) is 1.35. The van der Waals surface area contributed by atoms with Crippen molar-refractivity contribution in [2.75, 3.05) is 20.6 Å². The Kier molecular flexibility index (Phi) is 6.32. The second-order valence-corrected chi connectivity index (χ2v) is 8.28. The Morgan fingerprint density at radius 1 is 1.24 bits per heavy atom. The third-order valence-electron chi connectivity index (χ3n) is 4.67. The molecule has 0 saturated heterocycles. The third kappa shape index (κ3) is 5.00. The summed E-state index contributed by atoms with van der Waals surface area (Å²) in [7, 11) is 3.29. The van der Waals surface area contributed by atoms with Crippen LogP contribution in [0.4, 0.5) is 4.39 Å². The lowest BCUT2D eigenvalue weighted by atomic mass is 10.0. The second kappa shape index (κ2) is 8.73. The normalized spacial score (nSPS) is 14.8. The summed E-state index contributed by atoms with van der Waals surface area (Å²) in [4.78, 5) is 37.9. The standard InChI is InChI=1S/C21H23FN2O4S/c1-12(25)17-4-5-18(29-17)16-10-14(22)8-13-9-15(28-21(13)16)11-23-19(26)6-7-20(27)24(2)3/h4-5,8,10,15H,6-7,9,11H2,1-3H3,(H,23,26)/t15-/m0/s1. The molecule has 6 nitrogen and oxygen atoms in total. The summed E-state index contributed by atoms with van der Waals surface area (Å²) >= 11 is 1.30. The van der Waals surface area contributed by atoms with E-state index in [9.17, 15) is 18.8 Å². The van der Waals surface area contributed by atoms with Crippen LogP contribution in [0.5, 0.6) is 5.75 Å². The van der Waals surface area contributed by atoms with Gasteiger partial charge in [0.25, 0.3) is 0 Å². The van der Waals surface area contributed by atoms with E-state index in [2.05, 4.69) is 5.32 Å². The highest BCUT2D eigenvalue weighted by atomic mass is 32.1. The molecule has 0 unspecified atom stereocenters. The number of halogens is 1. The highest BCUT2D eigenvalue weighted by molar-refractivity contribution is 7.17. The predicted octanol–water partition coefficient (Wildman–Crippen LogP) is 3.04. The van der Waals surface area contributed by atoms with Crippen LogP contribution >= 0.6 is 11.3 Å². The molecule has 0 radical (unpaired) electrons. The number of carbonyl (C=O) groups excluding carboxylic acids is 3. The van der Waals surface area contributed by atoms with E-state index in [-0.39, 0.29) is 48.9 Å². The van der Waals surface area contributed by atoms with Gasteiger partial charge >= 0.3 is 0 Å². The number of nitrogens with one attached hydrogen (secondary N) is 1. The van der Waals surface area contributed by atoms with Crippen LogP contribution in [0.15, 0.2) is 24.3 Å². The van der Waals surface area contributed by atoms with Crippen LogP contribution in [-0.2, 0) is 16.0 Å². The molecular weight excluding hydrogens is 395 g/mol. The van der Waals surface area contributed by atoms with Gasteiger partial charge in [0.2, 0.25) is 11.8 Å². The molecule has 1 aromatic heterocycles. The SMILES string of the molecule is CC(=O)c1ccc(-c2cc(F)cc3c2O[C@H](CNC(=O)CCC(=O)N(C)C)C3)s1. The summed E-state index contributed by atoms with van der Waals surface area (Å²) < 4.78 is 20.1. The maximum Gasteiger partial charge on any atom is 0.222 e. The Morgan fingerprint density at radius 2 is 2.00 bits per heavy atom. The number of hydrogen-bond acceptors (Lipinski definition) is 5. The van der Waals surface area contributed by atoms with Gasteiger partial charge in [-0.3, -0.25) is 14.4 Å². The number of benzene rings is 1. The molecular formula is C21H23FN2O4S. The number of hydrogen-bond donors (Lipinski definition) is 1. The quantitative estimate of drug-likeness (QED) is 0.702. The smallest absolute Gasteiger partial charge is 0.222 e. The minimum atomic E-state index is -0.369. The number of nitrogens with zero attached hydrogens (tertiary/aromatic N) is 1. The zero-order valence-corrected chi connectivity index (χ0v) is 17.4. The molecule has 8 heteroatoms. The van der Waals surface area contributed by atoms with E-state index in [0.717, 1.165) is 10.4 Å². The number of ether oxygens (including phenoxy) is 1. The minimum absolute atomic E-state index is 0.0384. The molecule has 0 aliphatic carbocycles. The van der Waals surface area contributed by atoms with Gasteiger partial charge < -0.3 is 15.0 Å². The molecule has 1 aliphatic rings. The van der Waals surface area contributed by atoms with E-state index < -0.39 is 0 Å². The molecule has 1 aliphatic heterocycles. The van der Waals surface area contributed by atoms with Gasteiger partial charge in [-0.15, -0.1) is 11.3 Å². The van der Waals surface area contributed by atoms with Gasteiger partial charge in [-0.25, -0.2) is 4.39 Å². The molecule has 0 spiro atoms. The van der Waals surface area contributed by atoms with E-state index in [1.165, 1.54) is 35.3 Å². The first-order valence-electron chi connectivity index (χ1n) is 9.31. The molecule has 0 saturated carbocycles. The Bertz CT molecular complexity index is 954. The van der Waals surface area contributed by atoms with Gasteiger partial charge in [-0.05, 0) is 31.2 Å². The van der Waals surface area contributed by atoms with Gasteiger partial charge in [0.1, 0.15) is 17.7 Å².